The summed E-state index contributed by atoms with van der Waals surface area (Å²) in [6.07, 6.45) is 0. The van der Waals surface area contributed by atoms with Crippen molar-refractivity contribution in [1.82, 2.24) is 9.80 Å². The van der Waals surface area contributed by atoms with Crippen molar-refractivity contribution in [1.29, 1.82) is 0 Å². The first-order valence-corrected chi connectivity index (χ1v) is 9.87. The third kappa shape index (κ3) is 5.30. The highest BCUT2D eigenvalue weighted by atomic mass is 32.2. The molecule has 1 aliphatic rings. The Morgan fingerprint density at radius 1 is 1.11 bits per heavy atom. The zero-order valence-electron chi connectivity index (χ0n) is 15.3. The minimum Gasteiger partial charge on any atom is -0.339 e. The van der Waals surface area contributed by atoms with Crippen molar-refractivity contribution < 1.29 is 9.72 Å². The highest BCUT2D eigenvalue weighted by Gasteiger charge is 2.25. The van der Waals surface area contributed by atoms with Gasteiger partial charge in [-0.1, -0.05) is 30.3 Å². The average molecular weight is 385 g/mol. The summed E-state index contributed by atoms with van der Waals surface area (Å²) in [5.41, 5.74) is 1.05. The Hall–Kier alpha value is -2.38. The molecule has 3 rings (SSSR count). The van der Waals surface area contributed by atoms with E-state index in [1.807, 2.05) is 48.2 Å². The fourth-order valence-corrected chi connectivity index (χ4v) is 4.14. The molecule has 0 saturated carbocycles. The maximum atomic E-state index is 12.7. The van der Waals surface area contributed by atoms with E-state index < -0.39 is 0 Å². The van der Waals surface area contributed by atoms with Crippen molar-refractivity contribution >= 4 is 23.4 Å². The number of piperazine rings is 1. The zero-order chi connectivity index (χ0) is 19.2. The predicted molar refractivity (Wildman–Crippen MR) is 107 cm³/mol. The van der Waals surface area contributed by atoms with Crippen molar-refractivity contribution in [2.75, 3.05) is 26.2 Å². The second-order valence-corrected chi connectivity index (χ2v) is 8.02. The summed E-state index contributed by atoms with van der Waals surface area (Å²) in [5.74, 6) is 0.166. The SMILES string of the molecule is CC(Sc1ccccc1)C(=O)N1CCN(Cc2cccc([N+](=O)[O-])c2)CC1. The van der Waals surface area contributed by atoms with Gasteiger partial charge in [0, 0.05) is 49.8 Å². The van der Waals surface area contributed by atoms with Crippen LogP contribution >= 0.6 is 11.8 Å². The van der Waals surface area contributed by atoms with E-state index in [4.69, 9.17) is 0 Å². The highest BCUT2D eigenvalue weighted by molar-refractivity contribution is 8.00. The number of rotatable bonds is 6. The number of nitro benzene ring substituents is 1. The third-order valence-electron chi connectivity index (χ3n) is 4.62. The average Bonchev–Trinajstić information content (AvgIpc) is 2.69. The Kier molecular flexibility index (Phi) is 6.47. The van der Waals surface area contributed by atoms with E-state index in [2.05, 4.69) is 4.90 Å². The van der Waals surface area contributed by atoms with Gasteiger partial charge in [0.05, 0.1) is 10.2 Å². The van der Waals surface area contributed by atoms with Crippen molar-refractivity contribution in [3.8, 4) is 0 Å². The van der Waals surface area contributed by atoms with Gasteiger partial charge in [0.2, 0.25) is 5.91 Å². The molecule has 0 aromatic heterocycles. The number of benzene rings is 2. The summed E-state index contributed by atoms with van der Waals surface area (Å²) in [7, 11) is 0. The molecule has 27 heavy (non-hydrogen) atoms. The number of thioether (sulfide) groups is 1. The van der Waals surface area contributed by atoms with Gasteiger partial charge < -0.3 is 4.90 Å². The Morgan fingerprint density at radius 3 is 2.48 bits per heavy atom. The summed E-state index contributed by atoms with van der Waals surface area (Å²) in [5, 5.41) is 10.8. The van der Waals surface area contributed by atoms with Crippen LogP contribution in [0.4, 0.5) is 5.69 Å². The number of hydrogen-bond donors (Lipinski definition) is 0. The summed E-state index contributed by atoms with van der Waals surface area (Å²) in [4.78, 5) is 28.5. The first-order valence-electron chi connectivity index (χ1n) is 8.99. The molecule has 1 atom stereocenters. The first-order chi connectivity index (χ1) is 13.0. The maximum Gasteiger partial charge on any atom is 0.269 e. The molecule has 1 heterocycles. The molecular formula is C20H23N3O3S. The molecule has 0 N–H and O–H groups in total. The van der Waals surface area contributed by atoms with Crippen molar-refractivity contribution in [3.63, 3.8) is 0 Å². The molecule has 0 spiro atoms. The number of hydrogen-bond acceptors (Lipinski definition) is 5. The van der Waals surface area contributed by atoms with Gasteiger partial charge in [0.25, 0.3) is 5.69 Å². The molecule has 1 unspecified atom stereocenters. The second-order valence-electron chi connectivity index (χ2n) is 6.60. The lowest BCUT2D eigenvalue weighted by Gasteiger charge is -2.35. The summed E-state index contributed by atoms with van der Waals surface area (Å²) in [6, 6.07) is 16.7. The Labute approximate surface area is 163 Å². The van der Waals surface area contributed by atoms with Gasteiger partial charge in [0.1, 0.15) is 0 Å². The van der Waals surface area contributed by atoms with Gasteiger partial charge >= 0.3 is 0 Å². The Bertz CT molecular complexity index is 792. The lowest BCUT2D eigenvalue weighted by molar-refractivity contribution is -0.384. The van der Waals surface area contributed by atoms with E-state index in [-0.39, 0.29) is 21.8 Å². The van der Waals surface area contributed by atoms with Crippen LogP contribution in [0, 0.1) is 10.1 Å². The molecule has 1 fully saturated rings. The van der Waals surface area contributed by atoms with Crippen molar-refractivity contribution in [2.45, 2.75) is 23.6 Å². The number of carbonyl (C=O) groups excluding carboxylic acids is 1. The predicted octanol–water partition coefficient (Wildman–Crippen LogP) is 3.42. The van der Waals surface area contributed by atoms with Crippen molar-refractivity contribution in [2.24, 2.45) is 0 Å². The first kappa shape index (κ1) is 19.4. The van der Waals surface area contributed by atoms with Gasteiger partial charge in [-0.15, -0.1) is 11.8 Å². The van der Waals surface area contributed by atoms with E-state index in [1.165, 1.54) is 6.07 Å². The minimum absolute atomic E-state index is 0.115. The smallest absolute Gasteiger partial charge is 0.269 e. The molecule has 0 radical (unpaired) electrons. The van der Waals surface area contributed by atoms with Crippen LogP contribution in [0.5, 0.6) is 0 Å². The van der Waals surface area contributed by atoms with E-state index in [0.717, 1.165) is 23.5 Å². The molecule has 142 valence electrons. The van der Waals surface area contributed by atoms with Crippen LogP contribution in [0.25, 0.3) is 0 Å². The van der Waals surface area contributed by atoms with Gasteiger partial charge in [0.15, 0.2) is 0 Å². The van der Waals surface area contributed by atoms with Gasteiger partial charge in [-0.2, -0.15) is 0 Å². The molecule has 1 saturated heterocycles. The monoisotopic (exact) mass is 385 g/mol. The number of non-ortho nitro benzene ring substituents is 1. The minimum atomic E-state index is -0.369. The maximum absolute atomic E-state index is 12.7. The van der Waals surface area contributed by atoms with Crippen LogP contribution in [0.15, 0.2) is 59.5 Å². The van der Waals surface area contributed by atoms with E-state index in [0.29, 0.717) is 19.6 Å². The quantitative estimate of drug-likeness (QED) is 0.433. The molecule has 2 aromatic rings. The van der Waals surface area contributed by atoms with Gasteiger partial charge in [-0.25, -0.2) is 0 Å². The largest absolute Gasteiger partial charge is 0.339 e. The standard InChI is InChI=1S/C20H23N3O3S/c1-16(27-19-8-3-2-4-9-19)20(24)22-12-10-21(11-13-22)15-17-6-5-7-18(14-17)23(25)26/h2-9,14,16H,10-13,15H2,1H3. The molecule has 1 aliphatic heterocycles. The van der Waals surface area contributed by atoms with Gasteiger partial charge in [-0.05, 0) is 24.6 Å². The molecule has 2 aromatic carbocycles. The van der Waals surface area contributed by atoms with Crippen LogP contribution in [0.1, 0.15) is 12.5 Å². The van der Waals surface area contributed by atoms with Gasteiger partial charge in [-0.3, -0.25) is 19.8 Å². The van der Waals surface area contributed by atoms with E-state index >= 15 is 0 Å². The van der Waals surface area contributed by atoms with Crippen LogP contribution in [0.3, 0.4) is 0 Å². The molecule has 0 aliphatic carbocycles. The van der Waals surface area contributed by atoms with Crippen molar-refractivity contribution in [3.05, 3.63) is 70.3 Å². The number of amides is 1. The molecule has 0 bridgehead atoms. The number of carbonyl (C=O) groups is 1. The van der Waals surface area contributed by atoms with Crippen LogP contribution in [-0.4, -0.2) is 52.1 Å². The fraction of sp³-hybridized carbons (Fsp3) is 0.350. The van der Waals surface area contributed by atoms with E-state index in [9.17, 15) is 14.9 Å². The van der Waals surface area contributed by atoms with Crippen LogP contribution < -0.4 is 0 Å². The molecule has 6 nitrogen and oxygen atoms in total. The molecule has 1 amide bonds. The zero-order valence-corrected chi connectivity index (χ0v) is 16.1. The second kappa shape index (κ2) is 9.01. The number of nitrogens with zero attached hydrogens (tertiary/aromatic N) is 3. The summed E-state index contributed by atoms with van der Waals surface area (Å²) >= 11 is 1.58. The summed E-state index contributed by atoms with van der Waals surface area (Å²) < 4.78 is 0. The third-order valence-corrected chi connectivity index (χ3v) is 5.71. The highest BCUT2D eigenvalue weighted by Crippen LogP contribution is 2.24. The summed E-state index contributed by atoms with van der Waals surface area (Å²) in [6.45, 7) is 5.54. The topological polar surface area (TPSA) is 66.7 Å². The Balaban J connectivity index is 1.50. The number of nitro groups is 1. The van der Waals surface area contributed by atoms with Crippen LogP contribution in [-0.2, 0) is 11.3 Å². The lowest BCUT2D eigenvalue weighted by Crippen LogP contribution is -2.50. The van der Waals surface area contributed by atoms with Crippen LogP contribution in [0.2, 0.25) is 0 Å². The van der Waals surface area contributed by atoms with E-state index in [1.54, 1.807) is 23.9 Å². The fourth-order valence-electron chi connectivity index (χ4n) is 3.16. The molecule has 7 heteroatoms. The lowest BCUT2D eigenvalue weighted by atomic mass is 10.1. The molecular weight excluding hydrogens is 362 g/mol. The Morgan fingerprint density at radius 2 is 1.81 bits per heavy atom. The normalized spacial score (nSPS) is 16.1.